The Morgan fingerprint density at radius 3 is 2.75 bits per heavy atom. The molecule has 5 nitrogen and oxygen atoms in total. The molecule has 5 heteroatoms. The van der Waals surface area contributed by atoms with Crippen LogP contribution >= 0.6 is 0 Å². The number of H-pyrrole nitrogens is 1. The number of aromatic amines is 1. The number of ether oxygens (including phenoxy) is 1. The van der Waals surface area contributed by atoms with Gasteiger partial charge in [-0.25, -0.2) is 4.79 Å². The number of carbonyl (C=O) groups is 1. The third-order valence-electron chi connectivity index (χ3n) is 3.31. The molecule has 0 bridgehead atoms. The van der Waals surface area contributed by atoms with Crippen molar-refractivity contribution in [2.75, 3.05) is 7.11 Å². The van der Waals surface area contributed by atoms with E-state index in [1.807, 2.05) is 58.8 Å². The van der Waals surface area contributed by atoms with Crippen LogP contribution in [0, 0.1) is 0 Å². The number of nitrogens with zero attached hydrogens (tertiary/aromatic N) is 2. The predicted molar refractivity (Wildman–Crippen MR) is 77.6 cm³/mol. The summed E-state index contributed by atoms with van der Waals surface area (Å²) < 4.78 is 8.73. The first-order chi connectivity index (χ1) is 9.70. The molecule has 3 aromatic rings. The van der Waals surface area contributed by atoms with Crippen molar-refractivity contribution in [1.29, 1.82) is 0 Å². The summed E-state index contributed by atoms with van der Waals surface area (Å²) in [6.07, 6.45) is 3.41. The van der Waals surface area contributed by atoms with Crippen molar-refractivity contribution in [2.24, 2.45) is 7.05 Å². The molecule has 0 amide bonds. The van der Waals surface area contributed by atoms with E-state index in [-0.39, 0.29) is 5.97 Å². The summed E-state index contributed by atoms with van der Waals surface area (Å²) in [4.78, 5) is 14.9. The first-order valence-electron chi connectivity index (χ1n) is 6.28. The maximum atomic E-state index is 11.6. The monoisotopic (exact) mass is 269 g/mol. The van der Waals surface area contributed by atoms with Crippen LogP contribution in [0.15, 0.2) is 42.6 Å². The number of aromatic nitrogens is 3. The summed E-state index contributed by atoms with van der Waals surface area (Å²) in [7, 11) is 3.35. The number of fused-ring (bicyclic) bond motifs is 2. The van der Waals surface area contributed by atoms with Crippen LogP contribution in [0.1, 0.15) is 0 Å². The van der Waals surface area contributed by atoms with Gasteiger partial charge < -0.3 is 9.72 Å². The van der Waals surface area contributed by atoms with Gasteiger partial charge in [-0.15, -0.1) is 0 Å². The van der Waals surface area contributed by atoms with E-state index >= 15 is 0 Å². The zero-order chi connectivity index (χ0) is 14.1. The van der Waals surface area contributed by atoms with Crippen LogP contribution in [0.25, 0.3) is 22.6 Å². The van der Waals surface area contributed by atoms with Gasteiger partial charge in [-0.1, -0.05) is 12.1 Å². The lowest BCUT2D eigenvalue weighted by molar-refractivity contribution is -0.133. The molecule has 0 aliphatic carbocycles. The minimum Gasteiger partial charge on any atom is -0.466 e. The molecule has 0 saturated carbocycles. The summed E-state index contributed by atoms with van der Waals surface area (Å²) in [6.45, 7) is 0. The number of para-hydroxylation sites is 2. The second-order valence-electron chi connectivity index (χ2n) is 4.48. The Balaban J connectivity index is 2.56. The highest BCUT2D eigenvalue weighted by Gasteiger charge is 2.02. The number of aryl methyl sites for hydroxylation is 1. The van der Waals surface area contributed by atoms with Gasteiger partial charge in [0.2, 0.25) is 0 Å². The van der Waals surface area contributed by atoms with Gasteiger partial charge in [0.15, 0.2) is 0 Å². The summed E-state index contributed by atoms with van der Waals surface area (Å²) in [5, 5.41) is 0.707. The number of nitrogens with one attached hydrogen (secondary N) is 1. The van der Waals surface area contributed by atoms with Crippen molar-refractivity contribution in [3.8, 4) is 0 Å². The quantitative estimate of drug-likeness (QED) is 0.682. The molecule has 0 saturated heterocycles. The molecule has 0 spiro atoms. The van der Waals surface area contributed by atoms with E-state index in [9.17, 15) is 4.79 Å². The topological polar surface area (TPSA) is 51.4 Å². The molecule has 20 heavy (non-hydrogen) atoms. The van der Waals surface area contributed by atoms with Crippen molar-refractivity contribution >= 4 is 28.6 Å². The second kappa shape index (κ2) is 4.77. The Morgan fingerprint density at radius 1 is 1.20 bits per heavy atom. The van der Waals surface area contributed by atoms with Crippen LogP contribution in [0.5, 0.6) is 0 Å². The van der Waals surface area contributed by atoms with Crippen LogP contribution in [0.4, 0.5) is 0 Å². The van der Waals surface area contributed by atoms with E-state index < -0.39 is 0 Å². The summed E-state index contributed by atoms with van der Waals surface area (Å²) in [5.74, 6) is -0.387. The van der Waals surface area contributed by atoms with E-state index in [2.05, 4.69) is 4.98 Å². The Morgan fingerprint density at radius 2 is 1.95 bits per heavy atom. The van der Waals surface area contributed by atoms with Gasteiger partial charge >= 0.3 is 5.97 Å². The molecule has 1 aromatic carbocycles. The van der Waals surface area contributed by atoms with Crippen molar-refractivity contribution in [3.05, 3.63) is 47.9 Å². The molecule has 0 aliphatic rings. The largest absolute Gasteiger partial charge is 0.466 e. The van der Waals surface area contributed by atoms with Gasteiger partial charge in [0.25, 0.3) is 0 Å². The molecule has 2 aromatic heterocycles. The molecule has 0 fully saturated rings. The number of carbonyl (C=O) groups excluding carboxylic acids is 1. The van der Waals surface area contributed by atoms with Gasteiger partial charge in [-0.2, -0.15) is 0 Å². The molecule has 0 atom stereocenters. The highest BCUT2D eigenvalue weighted by molar-refractivity contribution is 6.00. The third kappa shape index (κ3) is 1.93. The first kappa shape index (κ1) is 12.3. The van der Waals surface area contributed by atoms with Crippen LogP contribution < -0.4 is 5.35 Å². The summed E-state index contributed by atoms with van der Waals surface area (Å²) >= 11 is 0. The van der Waals surface area contributed by atoms with E-state index in [4.69, 9.17) is 4.74 Å². The van der Waals surface area contributed by atoms with Gasteiger partial charge in [-0.05, 0) is 24.3 Å². The second-order valence-corrected chi connectivity index (χ2v) is 4.48. The molecule has 0 aliphatic heterocycles. The van der Waals surface area contributed by atoms with Gasteiger partial charge in [0, 0.05) is 19.3 Å². The average Bonchev–Trinajstić information content (AvgIpc) is 2.92. The first-order valence-corrected chi connectivity index (χ1v) is 6.28. The van der Waals surface area contributed by atoms with Crippen LogP contribution in [0.2, 0.25) is 0 Å². The average molecular weight is 269 g/mol. The summed E-state index contributed by atoms with van der Waals surface area (Å²) in [5.41, 5.74) is 2.86. The van der Waals surface area contributed by atoms with Crippen molar-refractivity contribution in [3.63, 3.8) is 0 Å². The number of hydrogen-bond donors (Lipinski definition) is 1. The Bertz CT molecular complexity index is 881. The third-order valence-corrected chi connectivity index (χ3v) is 3.31. The Kier molecular flexibility index (Phi) is 2.95. The molecule has 102 valence electrons. The van der Waals surface area contributed by atoms with Gasteiger partial charge in [0.1, 0.15) is 0 Å². The summed E-state index contributed by atoms with van der Waals surface area (Å²) in [6, 6.07) is 11.8. The van der Waals surface area contributed by atoms with E-state index in [0.29, 0.717) is 5.35 Å². The fourth-order valence-electron chi connectivity index (χ4n) is 2.32. The van der Waals surface area contributed by atoms with Crippen molar-refractivity contribution in [1.82, 2.24) is 14.2 Å². The normalized spacial score (nSPS) is 12.0. The molecular weight excluding hydrogens is 254 g/mol. The SMILES string of the molecule is COC(=O)C=c1[nH]c2ccccc2n(C)n2cccc12. The smallest absolute Gasteiger partial charge is 0.332 e. The highest BCUT2D eigenvalue weighted by atomic mass is 16.5. The fourth-order valence-corrected chi connectivity index (χ4v) is 2.32. The van der Waals surface area contributed by atoms with Crippen LogP contribution in [-0.4, -0.2) is 27.3 Å². The Labute approximate surface area is 115 Å². The minimum absolute atomic E-state index is 0.387. The predicted octanol–water partition coefficient (Wildman–Crippen LogP) is 1.56. The number of esters is 1. The fraction of sp³-hybridized carbons (Fsp3) is 0.133. The lowest BCUT2D eigenvalue weighted by Crippen LogP contribution is -2.12. The van der Waals surface area contributed by atoms with Crippen LogP contribution in [-0.2, 0) is 16.6 Å². The molecule has 3 rings (SSSR count). The number of hydrogen-bond acceptors (Lipinski definition) is 2. The maximum absolute atomic E-state index is 11.6. The Hall–Kier alpha value is -2.69. The van der Waals surface area contributed by atoms with E-state index in [0.717, 1.165) is 16.6 Å². The standard InChI is InChI=1S/C15H15N3O2/c1-17-13-7-4-3-6-11(13)16-12(10-15(19)20-2)14-8-5-9-18(14)17/h3-10,16H,1-2H3. The number of rotatable bonds is 1. The lowest BCUT2D eigenvalue weighted by Gasteiger charge is -2.03. The van der Waals surface area contributed by atoms with E-state index in [1.165, 1.54) is 13.2 Å². The number of methoxy groups -OCH3 is 1. The molecule has 2 heterocycles. The van der Waals surface area contributed by atoms with Crippen molar-refractivity contribution < 1.29 is 9.53 Å². The zero-order valence-corrected chi connectivity index (χ0v) is 11.3. The van der Waals surface area contributed by atoms with Crippen LogP contribution in [0.3, 0.4) is 0 Å². The number of benzene rings is 1. The zero-order valence-electron chi connectivity index (χ0n) is 11.3. The molecule has 0 unspecified atom stereocenters. The van der Waals surface area contributed by atoms with E-state index in [1.54, 1.807) is 0 Å². The highest BCUT2D eigenvalue weighted by Crippen LogP contribution is 2.09. The molecule has 0 radical (unpaired) electrons. The maximum Gasteiger partial charge on any atom is 0.332 e. The molecule has 1 N–H and O–H groups in total. The van der Waals surface area contributed by atoms with Crippen molar-refractivity contribution in [2.45, 2.75) is 0 Å². The molecular formula is C15H15N3O2. The lowest BCUT2D eigenvalue weighted by atomic mass is 10.3. The van der Waals surface area contributed by atoms with Gasteiger partial charge in [-0.3, -0.25) is 9.20 Å². The van der Waals surface area contributed by atoms with Gasteiger partial charge in [0.05, 0.1) is 29.0 Å². The minimum atomic E-state index is -0.387.